The molecule has 4 aromatic rings. The summed E-state index contributed by atoms with van der Waals surface area (Å²) in [5.41, 5.74) is 1.66. The molecule has 0 spiro atoms. The molecule has 7 nitrogen and oxygen atoms in total. The van der Waals surface area contributed by atoms with Gasteiger partial charge < -0.3 is 9.15 Å². The summed E-state index contributed by atoms with van der Waals surface area (Å²) in [6, 6.07) is 16.9. The number of aryl methyl sites for hydroxylation is 1. The molecule has 4 heterocycles. The third-order valence-electron chi connectivity index (χ3n) is 5.18. The number of benzene rings is 1. The number of carbonyl (C=O) groups is 2. The van der Waals surface area contributed by atoms with Crippen molar-refractivity contribution in [1.29, 1.82) is 0 Å². The summed E-state index contributed by atoms with van der Waals surface area (Å²) < 4.78 is 10.9. The van der Waals surface area contributed by atoms with E-state index in [1.165, 1.54) is 5.01 Å². The van der Waals surface area contributed by atoms with E-state index in [2.05, 4.69) is 10.1 Å². The monoisotopic (exact) mass is 477 g/mol. The Balaban J connectivity index is 1.30. The van der Waals surface area contributed by atoms with Crippen molar-refractivity contribution in [2.45, 2.75) is 19.4 Å². The molecule has 166 valence electrons. The van der Waals surface area contributed by atoms with Gasteiger partial charge in [0.1, 0.15) is 5.76 Å². The molecule has 9 heteroatoms. The zero-order chi connectivity index (χ0) is 22.8. The largest absolute Gasteiger partial charge is 0.451 e. The van der Waals surface area contributed by atoms with E-state index < -0.39 is 18.5 Å². The molecule has 3 aromatic heterocycles. The van der Waals surface area contributed by atoms with Crippen molar-refractivity contribution in [2.24, 2.45) is 5.10 Å². The molecule has 5 rings (SSSR count). The van der Waals surface area contributed by atoms with Crippen LogP contribution in [0.5, 0.6) is 0 Å². The molecular weight excluding hydrogens is 458 g/mol. The van der Waals surface area contributed by atoms with E-state index in [1.54, 1.807) is 29.6 Å². The Kier molecular flexibility index (Phi) is 5.89. The molecule has 1 aliphatic heterocycles. The fourth-order valence-electron chi connectivity index (χ4n) is 3.59. The van der Waals surface area contributed by atoms with Gasteiger partial charge in [-0.3, -0.25) is 4.79 Å². The number of oxazole rings is 1. The second-order valence-corrected chi connectivity index (χ2v) is 9.29. The van der Waals surface area contributed by atoms with Gasteiger partial charge in [-0.2, -0.15) is 5.10 Å². The van der Waals surface area contributed by atoms with Crippen LogP contribution in [0.2, 0.25) is 0 Å². The van der Waals surface area contributed by atoms with Crippen LogP contribution in [-0.2, 0) is 9.53 Å². The molecular formula is C24H19N3O4S2. The Morgan fingerprint density at radius 2 is 1.88 bits per heavy atom. The van der Waals surface area contributed by atoms with Crippen LogP contribution in [0.1, 0.15) is 38.5 Å². The third-order valence-corrected chi connectivity index (χ3v) is 7.07. The fourth-order valence-corrected chi connectivity index (χ4v) is 5.12. The quantitative estimate of drug-likeness (QED) is 0.352. The zero-order valence-electron chi connectivity index (χ0n) is 17.6. The van der Waals surface area contributed by atoms with Crippen LogP contribution in [0, 0.1) is 6.92 Å². The Morgan fingerprint density at radius 1 is 1.09 bits per heavy atom. The number of amides is 1. The maximum absolute atomic E-state index is 13.0. The lowest BCUT2D eigenvalue weighted by Gasteiger charge is -2.20. The van der Waals surface area contributed by atoms with Gasteiger partial charge >= 0.3 is 5.97 Å². The van der Waals surface area contributed by atoms with Gasteiger partial charge in [0.05, 0.1) is 16.6 Å². The average molecular weight is 478 g/mol. The van der Waals surface area contributed by atoms with Gasteiger partial charge in [-0.15, -0.1) is 22.7 Å². The normalized spacial score (nSPS) is 15.5. The molecule has 0 saturated carbocycles. The van der Waals surface area contributed by atoms with Crippen molar-refractivity contribution in [2.75, 3.05) is 6.61 Å². The van der Waals surface area contributed by atoms with Gasteiger partial charge in [0, 0.05) is 16.9 Å². The summed E-state index contributed by atoms with van der Waals surface area (Å²) in [6.07, 6.45) is 0.615. The van der Waals surface area contributed by atoms with Crippen LogP contribution in [0.3, 0.4) is 0 Å². The van der Waals surface area contributed by atoms with Crippen molar-refractivity contribution >= 4 is 40.3 Å². The van der Waals surface area contributed by atoms with Gasteiger partial charge in [0.25, 0.3) is 5.91 Å². The smallest absolute Gasteiger partial charge is 0.361 e. The van der Waals surface area contributed by atoms with Gasteiger partial charge in [0.2, 0.25) is 5.89 Å². The van der Waals surface area contributed by atoms with E-state index in [1.807, 2.05) is 65.4 Å². The number of hydrogen-bond donors (Lipinski definition) is 0. The molecule has 0 unspecified atom stereocenters. The topological polar surface area (TPSA) is 85.0 Å². The lowest BCUT2D eigenvalue weighted by atomic mass is 10.1. The Hall–Kier alpha value is -3.56. The van der Waals surface area contributed by atoms with E-state index in [9.17, 15) is 9.59 Å². The van der Waals surface area contributed by atoms with Crippen molar-refractivity contribution in [1.82, 2.24) is 9.99 Å². The van der Waals surface area contributed by atoms with Crippen molar-refractivity contribution in [3.8, 4) is 11.5 Å². The number of ether oxygens (including phenoxy) is 1. The van der Waals surface area contributed by atoms with E-state index >= 15 is 0 Å². The molecule has 1 amide bonds. The third kappa shape index (κ3) is 4.37. The summed E-state index contributed by atoms with van der Waals surface area (Å²) in [6.45, 7) is 1.21. The minimum atomic E-state index is -0.707. The SMILES string of the molecule is Cc1oc(-c2ccccc2)nc1C(=O)OCC(=O)N1N=C(c2cccs2)C[C@H]1c1cccs1. The molecule has 0 aliphatic carbocycles. The number of thiophene rings is 2. The van der Waals surface area contributed by atoms with Crippen LogP contribution in [-0.4, -0.2) is 34.2 Å². The number of hydrazone groups is 1. The first kappa shape index (κ1) is 21.3. The standard InChI is InChI=1S/C24H19N3O4S2/c1-15-22(25-23(31-15)16-7-3-2-4-8-16)24(29)30-14-21(28)27-18(20-10-6-12-33-20)13-17(26-27)19-9-5-11-32-19/h2-12,18H,13-14H2,1H3/t18-/m0/s1. The number of nitrogens with zero attached hydrogens (tertiary/aromatic N) is 3. The van der Waals surface area contributed by atoms with Crippen LogP contribution >= 0.6 is 22.7 Å². The summed E-state index contributed by atoms with van der Waals surface area (Å²) in [7, 11) is 0. The molecule has 33 heavy (non-hydrogen) atoms. The van der Waals surface area contributed by atoms with Gasteiger partial charge in [-0.1, -0.05) is 30.3 Å². The molecule has 1 atom stereocenters. The number of esters is 1. The maximum atomic E-state index is 13.0. The highest BCUT2D eigenvalue weighted by molar-refractivity contribution is 7.12. The Labute approximate surface area is 198 Å². The van der Waals surface area contributed by atoms with Crippen molar-refractivity contribution in [3.63, 3.8) is 0 Å². The highest BCUT2D eigenvalue weighted by Crippen LogP contribution is 2.36. The zero-order valence-corrected chi connectivity index (χ0v) is 19.3. The van der Waals surface area contributed by atoms with E-state index in [4.69, 9.17) is 9.15 Å². The van der Waals surface area contributed by atoms with E-state index in [-0.39, 0.29) is 11.7 Å². The first-order chi connectivity index (χ1) is 16.1. The minimum Gasteiger partial charge on any atom is -0.451 e. The number of rotatable bonds is 6. The molecule has 0 bridgehead atoms. The highest BCUT2D eigenvalue weighted by atomic mass is 32.1. The van der Waals surface area contributed by atoms with Crippen LogP contribution < -0.4 is 0 Å². The molecule has 0 saturated heterocycles. The Morgan fingerprint density at radius 3 is 2.61 bits per heavy atom. The summed E-state index contributed by atoms with van der Waals surface area (Å²) >= 11 is 3.15. The van der Waals surface area contributed by atoms with E-state index in [0.29, 0.717) is 18.1 Å². The predicted molar refractivity (Wildman–Crippen MR) is 126 cm³/mol. The van der Waals surface area contributed by atoms with Gasteiger partial charge in [-0.25, -0.2) is 14.8 Å². The molecule has 0 radical (unpaired) electrons. The number of aromatic nitrogens is 1. The second kappa shape index (κ2) is 9.13. The van der Waals surface area contributed by atoms with Crippen LogP contribution in [0.15, 0.2) is 74.9 Å². The lowest BCUT2D eigenvalue weighted by Crippen LogP contribution is -2.31. The van der Waals surface area contributed by atoms with Crippen molar-refractivity contribution in [3.05, 3.63) is 86.6 Å². The fraction of sp³-hybridized carbons (Fsp3) is 0.167. The average Bonchev–Trinajstić information content (AvgIpc) is 3.63. The molecule has 0 N–H and O–H groups in total. The highest BCUT2D eigenvalue weighted by Gasteiger charge is 2.34. The van der Waals surface area contributed by atoms with Gasteiger partial charge in [-0.05, 0) is 41.9 Å². The molecule has 0 fully saturated rings. The summed E-state index contributed by atoms with van der Waals surface area (Å²) in [4.78, 5) is 32.0. The van der Waals surface area contributed by atoms with Crippen molar-refractivity contribution < 1.29 is 18.7 Å². The molecule has 1 aromatic carbocycles. The lowest BCUT2D eigenvalue weighted by molar-refractivity contribution is -0.136. The first-order valence-electron chi connectivity index (χ1n) is 10.3. The maximum Gasteiger partial charge on any atom is 0.361 e. The summed E-state index contributed by atoms with van der Waals surface area (Å²) in [5, 5.41) is 9.95. The van der Waals surface area contributed by atoms with Crippen LogP contribution in [0.25, 0.3) is 11.5 Å². The van der Waals surface area contributed by atoms with Crippen LogP contribution in [0.4, 0.5) is 0 Å². The second-order valence-electron chi connectivity index (χ2n) is 7.36. The van der Waals surface area contributed by atoms with E-state index in [0.717, 1.165) is 21.0 Å². The van der Waals surface area contributed by atoms with Gasteiger partial charge in [0.15, 0.2) is 12.3 Å². The predicted octanol–water partition coefficient (Wildman–Crippen LogP) is 5.31. The minimum absolute atomic E-state index is 0.0562. The molecule has 1 aliphatic rings. The Bertz CT molecular complexity index is 1290. The summed E-state index contributed by atoms with van der Waals surface area (Å²) in [5.74, 6) is -0.436. The first-order valence-corrected chi connectivity index (χ1v) is 12.0. The number of hydrogen-bond acceptors (Lipinski definition) is 8. The number of carbonyl (C=O) groups excluding carboxylic acids is 2.